The molecule has 8 nitrogen and oxygen atoms in total. The number of hydrogen-bond donors (Lipinski definition) is 0. The highest BCUT2D eigenvalue weighted by molar-refractivity contribution is 5.92. The van der Waals surface area contributed by atoms with Gasteiger partial charge in [0.25, 0.3) is 5.91 Å². The molecule has 0 N–H and O–H groups in total. The maximum absolute atomic E-state index is 12.9. The average molecular weight is 333 g/mol. The van der Waals surface area contributed by atoms with E-state index in [1.165, 1.54) is 0 Å². The molecule has 3 heterocycles. The van der Waals surface area contributed by atoms with Crippen molar-refractivity contribution in [3.63, 3.8) is 0 Å². The number of likely N-dealkylation sites (N-methyl/N-ethyl adjacent to an activating group) is 1. The van der Waals surface area contributed by atoms with Crippen LogP contribution in [0.1, 0.15) is 27.9 Å². The van der Waals surface area contributed by atoms with Gasteiger partial charge in [-0.2, -0.15) is 5.10 Å². The molecule has 1 saturated heterocycles. The molecule has 0 aliphatic carbocycles. The molecule has 1 amide bonds. The molecule has 130 valence electrons. The Labute approximate surface area is 140 Å². The number of amides is 1. The highest BCUT2D eigenvalue weighted by Crippen LogP contribution is 2.31. The summed E-state index contributed by atoms with van der Waals surface area (Å²) in [5, 5.41) is 8.12. The van der Waals surface area contributed by atoms with Gasteiger partial charge in [0, 0.05) is 38.0 Å². The zero-order valence-corrected chi connectivity index (χ0v) is 14.5. The maximum Gasteiger partial charge on any atom is 0.276 e. The first-order chi connectivity index (χ1) is 11.5. The number of nitrogens with zero attached hydrogens (tertiary/aromatic N) is 5. The van der Waals surface area contributed by atoms with E-state index in [1.807, 2.05) is 32.2 Å². The molecule has 3 rings (SSSR count). The second-order valence-corrected chi connectivity index (χ2v) is 6.39. The van der Waals surface area contributed by atoms with Gasteiger partial charge < -0.3 is 19.1 Å². The van der Waals surface area contributed by atoms with Crippen LogP contribution in [0.2, 0.25) is 0 Å². The van der Waals surface area contributed by atoms with Crippen molar-refractivity contribution in [2.24, 2.45) is 7.05 Å². The summed E-state index contributed by atoms with van der Waals surface area (Å²) in [5.41, 5.74) is 1.28. The molecule has 1 fully saturated rings. The summed E-state index contributed by atoms with van der Waals surface area (Å²) in [6.07, 6.45) is 3.59. The maximum atomic E-state index is 12.9. The van der Waals surface area contributed by atoms with Gasteiger partial charge in [-0.05, 0) is 21.0 Å². The SMILES string of the molecule is Cc1cc(C(=O)N2CCO[C@@H](CN(C)C)[C@@H]2c2cnn(C)c2)no1. The number of rotatable bonds is 4. The van der Waals surface area contributed by atoms with Crippen LogP contribution in [-0.2, 0) is 11.8 Å². The minimum Gasteiger partial charge on any atom is -0.373 e. The van der Waals surface area contributed by atoms with Crippen molar-refractivity contribution in [2.45, 2.75) is 19.1 Å². The van der Waals surface area contributed by atoms with E-state index in [0.29, 0.717) is 31.2 Å². The normalized spacial score (nSPS) is 21.5. The first-order valence-electron chi connectivity index (χ1n) is 7.95. The van der Waals surface area contributed by atoms with Crippen LogP contribution in [0.3, 0.4) is 0 Å². The van der Waals surface area contributed by atoms with Crippen LogP contribution in [-0.4, -0.2) is 70.5 Å². The van der Waals surface area contributed by atoms with E-state index < -0.39 is 0 Å². The number of aryl methyl sites for hydroxylation is 2. The van der Waals surface area contributed by atoms with E-state index in [2.05, 4.69) is 15.2 Å². The Bertz CT molecular complexity index is 708. The fourth-order valence-corrected chi connectivity index (χ4v) is 3.08. The van der Waals surface area contributed by atoms with Crippen molar-refractivity contribution in [3.05, 3.63) is 35.5 Å². The van der Waals surface area contributed by atoms with Crippen LogP contribution in [0.5, 0.6) is 0 Å². The lowest BCUT2D eigenvalue weighted by Gasteiger charge is -2.41. The van der Waals surface area contributed by atoms with Gasteiger partial charge >= 0.3 is 0 Å². The molecule has 0 spiro atoms. The monoisotopic (exact) mass is 333 g/mol. The van der Waals surface area contributed by atoms with Gasteiger partial charge in [0.15, 0.2) is 5.69 Å². The predicted octanol–water partition coefficient (Wildman–Crippen LogP) is 0.860. The minimum absolute atomic E-state index is 0.130. The van der Waals surface area contributed by atoms with Crippen LogP contribution < -0.4 is 0 Å². The van der Waals surface area contributed by atoms with E-state index >= 15 is 0 Å². The molecular formula is C16H23N5O3. The summed E-state index contributed by atoms with van der Waals surface area (Å²) in [6.45, 7) is 3.49. The summed E-state index contributed by atoms with van der Waals surface area (Å²) < 4.78 is 12.8. The third kappa shape index (κ3) is 3.34. The third-order valence-corrected chi connectivity index (χ3v) is 4.07. The number of carbonyl (C=O) groups excluding carboxylic acids is 1. The van der Waals surface area contributed by atoms with Gasteiger partial charge in [-0.15, -0.1) is 0 Å². The van der Waals surface area contributed by atoms with Gasteiger partial charge in [0.2, 0.25) is 0 Å². The molecular weight excluding hydrogens is 310 g/mol. The van der Waals surface area contributed by atoms with Crippen molar-refractivity contribution in [1.82, 2.24) is 24.7 Å². The lowest BCUT2D eigenvalue weighted by atomic mass is 10.00. The Kier molecular flexibility index (Phi) is 4.68. The topological polar surface area (TPSA) is 76.6 Å². The van der Waals surface area contributed by atoms with E-state index in [1.54, 1.807) is 23.9 Å². The molecule has 24 heavy (non-hydrogen) atoms. The lowest BCUT2D eigenvalue weighted by Crippen LogP contribution is -2.51. The van der Waals surface area contributed by atoms with Gasteiger partial charge in [-0.3, -0.25) is 9.48 Å². The van der Waals surface area contributed by atoms with E-state index in [4.69, 9.17) is 9.26 Å². The Balaban J connectivity index is 1.93. The molecule has 8 heteroatoms. The van der Waals surface area contributed by atoms with Crippen molar-refractivity contribution in [1.29, 1.82) is 0 Å². The molecule has 0 aromatic carbocycles. The Hall–Kier alpha value is -2.19. The smallest absolute Gasteiger partial charge is 0.276 e. The summed E-state index contributed by atoms with van der Waals surface area (Å²) in [5.74, 6) is 0.474. The third-order valence-electron chi connectivity index (χ3n) is 4.07. The molecule has 0 saturated carbocycles. The molecule has 2 atom stereocenters. The Morgan fingerprint density at radius 3 is 2.83 bits per heavy atom. The standard InChI is InChI=1S/C16H23N5O3/c1-11-7-13(18-24-11)16(22)21-5-6-23-14(10-19(2)3)15(21)12-8-17-20(4)9-12/h7-9,14-15H,5-6,10H2,1-4H3/t14-,15-/m0/s1. The average Bonchev–Trinajstić information content (AvgIpc) is 3.14. The first-order valence-corrected chi connectivity index (χ1v) is 7.95. The van der Waals surface area contributed by atoms with Crippen molar-refractivity contribution in [2.75, 3.05) is 33.8 Å². The largest absolute Gasteiger partial charge is 0.373 e. The highest BCUT2D eigenvalue weighted by atomic mass is 16.5. The van der Waals surface area contributed by atoms with E-state index in [9.17, 15) is 4.79 Å². The first kappa shape index (κ1) is 16.7. The minimum atomic E-state index is -0.209. The summed E-state index contributed by atoms with van der Waals surface area (Å²) in [4.78, 5) is 16.8. The summed E-state index contributed by atoms with van der Waals surface area (Å²) >= 11 is 0. The van der Waals surface area contributed by atoms with Crippen LogP contribution in [0.15, 0.2) is 23.0 Å². The van der Waals surface area contributed by atoms with E-state index in [-0.39, 0.29) is 18.1 Å². The Morgan fingerprint density at radius 2 is 2.25 bits per heavy atom. The number of morpholine rings is 1. The number of hydrogen-bond acceptors (Lipinski definition) is 6. The second-order valence-electron chi connectivity index (χ2n) is 6.39. The quantitative estimate of drug-likeness (QED) is 0.826. The predicted molar refractivity (Wildman–Crippen MR) is 86.5 cm³/mol. The molecule has 0 unspecified atom stereocenters. The van der Waals surface area contributed by atoms with Crippen LogP contribution in [0, 0.1) is 6.92 Å². The summed E-state index contributed by atoms with van der Waals surface area (Å²) in [7, 11) is 5.85. The molecule has 2 aromatic heterocycles. The summed E-state index contributed by atoms with van der Waals surface area (Å²) in [6, 6.07) is 1.46. The second kappa shape index (κ2) is 6.74. The van der Waals surface area contributed by atoms with E-state index in [0.717, 1.165) is 5.56 Å². The molecule has 2 aromatic rings. The van der Waals surface area contributed by atoms with Gasteiger partial charge in [0.1, 0.15) is 5.76 Å². The Morgan fingerprint density at radius 1 is 1.46 bits per heavy atom. The number of carbonyl (C=O) groups is 1. The highest BCUT2D eigenvalue weighted by Gasteiger charge is 2.38. The zero-order valence-electron chi connectivity index (χ0n) is 14.5. The fraction of sp³-hybridized carbons (Fsp3) is 0.562. The van der Waals surface area contributed by atoms with Gasteiger partial charge in [-0.1, -0.05) is 5.16 Å². The number of ether oxygens (including phenoxy) is 1. The molecule has 0 radical (unpaired) electrons. The molecule has 1 aliphatic rings. The van der Waals surface area contributed by atoms with Gasteiger partial charge in [-0.25, -0.2) is 0 Å². The van der Waals surface area contributed by atoms with Crippen LogP contribution in [0.25, 0.3) is 0 Å². The molecule has 1 aliphatic heterocycles. The fourth-order valence-electron chi connectivity index (χ4n) is 3.08. The zero-order chi connectivity index (χ0) is 17.3. The van der Waals surface area contributed by atoms with Gasteiger partial charge in [0.05, 0.1) is 24.9 Å². The molecule has 0 bridgehead atoms. The number of aromatic nitrogens is 3. The van der Waals surface area contributed by atoms with Crippen LogP contribution >= 0.6 is 0 Å². The lowest BCUT2D eigenvalue weighted by molar-refractivity contribution is -0.0687. The van der Waals surface area contributed by atoms with Crippen molar-refractivity contribution >= 4 is 5.91 Å². The van der Waals surface area contributed by atoms with Crippen molar-refractivity contribution < 1.29 is 14.1 Å². The van der Waals surface area contributed by atoms with Crippen LogP contribution in [0.4, 0.5) is 0 Å². The van der Waals surface area contributed by atoms with Crippen molar-refractivity contribution in [3.8, 4) is 0 Å².